The Morgan fingerprint density at radius 2 is 2.31 bits per heavy atom. The summed E-state index contributed by atoms with van der Waals surface area (Å²) >= 11 is 0. The van der Waals surface area contributed by atoms with Gasteiger partial charge in [0.2, 0.25) is 6.61 Å². The molecule has 1 heterocycles. The van der Waals surface area contributed by atoms with Crippen molar-refractivity contribution in [1.82, 2.24) is 4.57 Å². The Balaban J connectivity index is 2.55. The zero-order valence-corrected chi connectivity index (χ0v) is 9.67. The van der Waals surface area contributed by atoms with Gasteiger partial charge in [0.05, 0.1) is 6.21 Å². The molecule has 0 amide bonds. The van der Waals surface area contributed by atoms with Gasteiger partial charge in [0.25, 0.3) is 0 Å². The molecule has 0 aliphatic heterocycles. The molecule has 0 radical (unpaired) electrons. The third-order valence-electron chi connectivity index (χ3n) is 1.95. The molecule has 5 heteroatoms. The van der Waals surface area contributed by atoms with Gasteiger partial charge in [-0.05, 0) is 26.8 Å². The molecule has 1 aromatic heterocycles. The van der Waals surface area contributed by atoms with E-state index in [0.717, 1.165) is 5.56 Å². The van der Waals surface area contributed by atoms with E-state index in [0.29, 0.717) is 0 Å². The zero-order valence-electron chi connectivity index (χ0n) is 9.67. The largest absolute Gasteiger partial charge is 0.479 e. The molecule has 0 fully saturated rings. The first-order chi connectivity index (χ1) is 7.39. The molecule has 1 rings (SSSR count). The number of nitrogens with zero attached hydrogens (tertiary/aromatic N) is 2. The zero-order chi connectivity index (χ0) is 12.2. The maximum atomic E-state index is 10.1. The summed E-state index contributed by atoms with van der Waals surface area (Å²) in [5.74, 6) is -1.04. The van der Waals surface area contributed by atoms with Gasteiger partial charge < -0.3 is 14.5 Å². The molecule has 1 aromatic rings. The quantitative estimate of drug-likeness (QED) is 0.625. The summed E-state index contributed by atoms with van der Waals surface area (Å²) < 4.78 is 2.05. The van der Waals surface area contributed by atoms with E-state index in [2.05, 4.69) is 30.8 Å². The maximum Gasteiger partial charge on any atom is 0.344 e. The third-order valence-corrected chi connectivity index (χ3v) is 1.95. The van der Waals surface area contributed by atoms with E-state index < -0.39 is 12.6 Å². The molecule has 0 aliphatic carbocycles. The highest BCUT2D eigenvalue weighted by Gasteiger charge is 2.11. The first-order valence-electron chi connectivity index (χ1n) is 4.95. The van der Waals surface area contributed by atoms with Crippen LogP contribution in [-0.2, 0) is 15.2 Å². The molecule has 0 unspecified atom stereocenters. The Hall–Kier alpha value is -1.78. The van der Waals surface area contributed by atoms with Crippen molar-refractivity contribution in [2.24, 2.45) is 5.16 Å². The van der Waals surface area contributed by atoms with Crippen molar-refractivity contribution in [3.05, 3.63) is 24.0 Å². The molecule has 0 saturated carbocycles. The lowest BCUT2D eigenvalue weighted by Gasteiger charge is -2.20. The number of hydrogen-bond donors (Lipinski definition) is 1. The van der Waals surface area contributed by atoms with Crippen molar-refractivity contribution in [2.75, 3.05) is 6.61 Å². The van der Waals surface area contributed by atoms with Crippen molar-refractivity contribution >= 4 is 12.2 Å². The minimum Gasteiger partial charge on any atom is -0.479 e. The van der Waals surface area contributed by atoms with E-state index in [1.807, 2.05) is 23.0 Å². The van der Waals surface area contributed by atoms with Crippen molar-refractivity contribution in [2.45, 2.75) is 26.3 Å². The Morgan fingerprint density at radius 3 is 2.81 bits per heavy atom. The number of carboxylic acid groups (broad SMARTS) is 1. The summed E-state index contributed by atoms with van der Waals surface area (Å²) in [7, 11) is 0. The number of carboxylic acids is 1. The number of aromatic nitrogens is 1. The molecule has 5 nitrogen and oxygen atoms in total. The predicted octanol–water partition coefficient (Wildman–Crippen LogP) is 1.68. The lowest BCUT2D eigenvalue weighted by molar-refractivity contribution is -0.142. The lowest BCUT2D eigenvalue weighted by Crippen LogP contribution is -2.19. The van der Waals surface area contributed by atoms with Gasteiger partial charge in [-0.1, -0.05) is 5.16 Å². The van der Waals surface area contributed by atoms with Crippen LogP contribution in [-0.4, -0.2) is 28.5 Å². The summed E-state index contributed by atoms with van der Waals surface area (Å²) in [6.07, 6.45) is 5.36. The number of oxime groups is 1. The van der Waals surface area contributed by atoms with Gasteiger partial charge in [0.1, 0.15) is 0 Å². The van der Waals surface area contributed by atoms with Gasteiger partial charge in [-0.15, -0.1) is 0 Å². The van der Waals surface area contributed by atoms with E-state index in [1.54, 1.807) is 0 Å². The summed E-state index contributed by atoms with van der Waals surface area (Å²) in [5.41, 5.74) is 0.897. The molecule has 88 valence electrons. The fourth-order valence-electron chi connectivity index (χ4n) is 1.10. The van der Waals surface area contributed by atoms with Crippen molar-refractivity contribution in [3.63, 3.8) is 0 Å². The van der Waals surface area contributed by atoms with Crippen molar-refractivity contribution < 1.29 is 14.7 Å². The van der Waals surface area contributed by atoms with Gasteiger partial charge in [-0.2, -0.15) is 0 Å². The average molecular weight is 224 g/mol. The molecule has 0 bridgehead atoms. The second kappa shape index (κ2) is 4.83. The topological polar surface area (TPSA) is 63.8 Å². The number of hydrogen-bond acceptors (Lipinski definition) is 3. The average Bonchev–Trinajstić information content (AvgIpc) is 2.59. The van der Waals surface area contributed by atoms with Gasteiger partial charge in [0, 0.05) is 23.5 Å². The fourth-order valence-corrected chi connectivity index (χ4v) is 1.10. The van der Waals surface area contributed by atoms with Gasteiger partial charge in [-0.3, -0.25) is 0 Å². The number of carbonyl (C=O) groups is 1. The minimum absolute atomic E-state index is 0.0218. The normalized spacial score (nSPS) is 11.9. The van der Waals surface area contributed by atoms with Crippen LogP contribution in [0.3, 0.4) is 0 Å². The molecule has 0 aliphatic rings. The molecular weight excluding hydrogens is 208 g/mol. The van der Waals surface area contributed by atoms with Crippen LogP contribution < -0.4 is 0 Å². The summed E-state index contributed by atoms with van der Waals surface area (Å²) in [4.78, 5) is 14.7. The SMILES string of the molecule is CC(C)(C)n1ccc(/C=N/OCC(=O)O)c1. The van der Waals surface area contributed by atoms with Gasteiger partial charge >= 0.3 is 5.97 Å². The molecular formula is C11H16N2O3. The standard InChI is InChI=1S/C11H16N2O3/c1-11(2,3)13-5-4-9(7-13)6-12-16-8-10(14)15/h4-7H,8H2,1-3H3,(H,14,15)/b12-6+. The first-order valence-corrected chi connectivity index (χ1v) is 4.95. The fraction of sp³-hybridized carbons (Fsp3) is 0.455. The van der Waals surface area contributed by atoms with Crippen molar-refractivity contribution in [1.29, 1.82) is 0 Å². The highest BCUT2D eigenvalue weighted by atomic mass is 16.6. The van der Waals surface area contributed by atoms with Crippen LogP contribution in [0.4, 0.5) is 0 Å². The van der Waals surface area contributed by atoms with Crippen molar-refractivity contribution in [3.8, 4) is 0 Å². The van der Waals surface area contributed by atoms with Gasteiger partial charge in [-0.25, -0.2) is 4.79 Å². The van der Waals surface area contributed by atoms with Crippen LogP contribution in [0.25, 0.3) is 0 Å². The second-order valence-corrected chi connectivity index (χ2v) is 4.42. The van der Waals surface area contributed by atoms with Crippen LogP contribution in [0, 0.1) is 0 Å². The monoisotopic (exact) mass is 224 g/mol. The first kappa shape index (κ1) is 12.3. The number of rotatable bonds is 4. The predicted molar refractivity (Wildman–Crippen MR) is 60.6 cm³/mol. The third kappa shape index (κ3) is 3.76. The lowest BCUT2D eigenvalue weighted by atomic mass is 10.1. The van der Waals surface area contributed by atoms with E-state index in [4.69, 9.17) is 5.11 Å². The Morgan fingerprint density at radius 1 is 1.62 bits per heavy atom. The molecule has 0 spiro atoms. The molecule has 0 atom stereocenters. The highest BCUT2D eigenvalue weighted by Crippen LogP contribution is 2.14. The van der Waals surface area contributed by atoms with E-state index in [-0.39, 0.29) is 5.54 Å². The van der Waals surface area contributed by atoms with E-state index in [9.17, 15) is 4.79 Å². The summed E-state index contributed by atoms with van der Waals surface area (Å²) in [6, 6.07) is 1.89. The maximum absolute atomic E-state index is 10.1. The highest BCUT2D eigenvalue weighted by molar-refractivity contribution is 5.78. The summed E-state index contributed by atoms with van der Waals surface area (Å²) in [6.45, 7) is 5.86. The van der Waals surface area contributed by atoms with Crippen LogP contribution >= 0.6 is 0 Å². The van der Waals surface area contributed by atoms with Crippen LogP contribution in [0.1, 0.15) is 26.3 Å². The Labute approximate surface area is 94.3 Å². The van der Waals surface area contributed by atoms with Gasteiger partial charge in [0.15, 0.2) is 0 Å². The number of aliphatic carboxylic acids is 1. The van der Waals surface area contributed by atoms with Crippen LogP contribution in [0.5, 0.6) is 0 Å². The smallest absolute Gasteiger partial charge is 0.344 e. The van der Waals surface area contributed by atoms with E-state index >= 15 is 0 Å². The molecule has 1 N–H and O–H groups in total. The molecule has 16 heavy (non-hydrogen) atoms. The molecule has 0 aromatic carbocycles. The van der Waals surface area contributed by atoms with E-state index in [1.165, 1.54) is 6.21 Å². The second-order valence-electron chi connectivity index (χ2n) is 4.42. The molecule has 0 saturated heterocycles. The minimum atomic E-state index is -1.04. The Bertz CT molecular complexity index is 388. The van der Waals surface area contributed by atoms with Crippen LogP contribution in [0.15, 0.2) is 23.6 Å². The summed E-state index contributed by atoms with van der Waals surface area (Å²) in [5, 5.41) is 11.9. The van der Waals surface area contributed by atoms with Crippen LogP contribution in [0.2, 0.25) is 0 Å². The Kier molecular flexibility index (Phi) is 3.71.